The van der Waals surface area contributed by atoms with Gasteiger partial charge >= 0.3 is 0 Å². The Morgan fingerprint density at radius 2 is 1.94 bits per heavy atom. The van der Waals surface area contributed by atoms with E-state index in [0.717, 1.165) is 11.1 Å². The zero-order valence-corrected chi connectivity index (χ0v) is 10.5. The van der Waals surface area contributed by atoms with Crippen molar-refractivity contribution < 1.29 is 5.11 Å². The molecule has 4 heteroatoms. The highest BCUT2D eigenvalue weighted by Gasteiger charge is 2.13. The Labute approximate surface area is 109 Å². The number of phenols is 1. The van der Waals surface area contributed by atoms with Crippen molar-refractivity contribution in [3.63, 3.8) is 0 Å². The molecule has 0 fully saturated rings. The lowest BCUT2D eigenvalue weighted by Crippen LogP contribution is -1.90. The third-order valence-electron chi connectivity index (χ3n) is 2.88. The number of hydrogen-bond donors (Lipinski definition) is 1. The summed E-state index contributed by atoms with van der Waals surface area (Å²) < 4.78 is 1.90. The van der Waals surface area contributed by atoms with Crippen LogP contribution < -0.4 is 0 Å². The first-order valence-corrected chi connectivity index (χ1v) is 5.97. The summed E-state index contributed by atoms with van der Waals surface area (Å²) in [4.78, 5) is 4.33. The van der Waals surface area contributed by atoms with Gasteiger partial charge in [0.15, 0.2) is 5.15 Å². The van der Waals surface area contributed by atoms with Gasteiger partial charge in [-0.25, -0.2) is 4.98 Å². The van der Waals surface area contributed by atoms with Crippen molar-refractivity contribution in [3.05, 3.63) is 53.3 Å². The molecule has 90 valence electrons. The van der Waals surface area contributed by atoms with Gasteiger partial charge in [-0.2, -0.15) is 0 Å². The van der Waals surface area contributed by atoms with Crippen LogP contribution in [0.25, 0.3) is 16.9 Å². The van der Waals surface area contributed by atoms with Crippen LogP contribution >= 0.6 is 11.6 Å². The monoisotopic (exact) mass is 258 g/mol. The molecule has 1 N–H and O–H groups in total. The quantitative estimate of drug-likeness (QED) is 0.723. The Balaban J connectivity index is 2.36. The third-order valence-corrected chi connectivity index (χ3v) is 3.16. The Kier molecular flexibility index (Phi) is 2.49. The predicted octanol–water partition coefficient (Wildman–Crippen LogP) is 3.67. The Morgan fingerprint density at radius 3 is 2.72 bits per heavy atom. The largest absolute Gasteiger partial charge is 0.507 e. The fourth-order valence-electron chi connectivity index (χ4n) is 2.01. The zero-order chi connectivity index (χ0) is 12.7. The number of hydrogen-bond acceptors (Lipinski definition) is 2. The first-order valence-electron chi connectivity index (χ1n) is 5.59. The minimum atomic E-state index is 0.197. The van der Waals surface area contributed by atoms with Crippen LogP contribution in [0.4, 0.5) is 0 Å². The smallest absolute Gasteiger partial charge is 0.155 e. The zero-order valence-electron chi connectivity index (χ0n) is 9.76. The molecule has 2 heterocycles. The molecule has 0 saturated heterocycles. The molecule has 18 heavy (non-hydrogen) atoms. The molecule has 0 aliphatic carbocycles. The number of benzene rings is 1. The molecular weight excluding hydrogens is 248 g/mol. The van der Waals surface area contributed by atoms with Gasteiger partial charge in [-0.3, -0.25) is 4.40 Å². The topological polar surface area (TPSA) is 37.5 Å². The number of rotatable bonds is 1. The molecule has 0 amide bonds. The second-order valence-corrected chi connectivity index (χ2v) is 4.56. The highest BCUT2D eigenvalue weighted by Crippen LogP contribution is 2.31. The molecule has 3 aromatic rings. The number of para-hydroxylation sites is 1. The number of pyridine rings is 1. The van der Waals surface area contributed by atoms with Crippen molar-refractivity contribution in [2.45, 2.75) is 6.92 Å². The molecule has 2 aromatic heterocycles. The van der Waals surface area contributed by atoms with E-state index in [9.17, 15) is 5.11 Å². The van der Waals surface area contributed by atoms with E-state index < -0.39 is 0 Å². The van der Waals surface area contributed by atoms with E-state index in [4.69, 9.17) is 11.6 Å². The van der Waals surface area contributed by atoms with E-state index in [-0.39, 0.29) is 5.75 Å². The van der Waals surface area contributed by atoms with Crippen molar-refractivity contribution in [1.29, 1.82) is 0 Å². The van der Waals surface area contributed by atoms with E-state index in [2.05, 4.69) is 4.98 Å². The fourth-order valence-corrected chi connectivity index (χ4v) is 2.24. The molecule has 0 spiro atoms. The lowest BCUT2D eigenvalue weighted by Gasteiger charge is -2.04. The number of aromatic hydroxyl groups is 1. The van der Waals surface area contributed by atoms with Crippen molar-refractivity contribution in [2.24, 2.45) is 0 Å². The summed E-state index contributed by atoms with van der Waals surface area (Å²) in [6.07, 6.45) is 1.95. The van der Waals surface area contributed by atoms with Gasteiger partial charge < -0.3 is 5.11 Å². The number of imidazole rings is 1. The van der Waals surface area contributed by atoms with Gasteiger partial charge in [0, 0.05) is 6.20 Å². The van der Waals surface area contributed by atoms with E-state index >= 15 is 0 Å². The summed E-state index contributed by atoms with van der Waals surface area (Å²) in [6, 6.07) is 11.0. The second kappa shape index (κ2) is 4.03. The van der Waals surface area contributed by atoms with Gasteiger partial charge in [-0.05, 0) is 30.7 Å². The van der Waals surface area contributed by atoms with E-state index in [0.29, 0.717) is 16.5 Å². The molecular formula is C14H11ClN2O. The van der Waals surface area contributed by atoms with Gasteiger partial charge in [0.1, 0.15) is 11.6 Å². The summed E-state index contributed by atoms with van der Waals surface area (Å²) in [5.41, 5.74) is 2.61. The van der Waals surface area contributed by atoms with Crippen LogP contribution in [0.1, 0.15) is 5.56 Å². The second-order valence-electron chi connectivity index (χ2n) is 4.21. The Bertz CT molecular complexity index is 734. The molecule has 0 unspecified atom stereocenters. The average Bonchev–Trinajstić information content (AvgIpc) is 2.67. The number of aromatic nitrogens is 2. The maximum absolute atomic E-state index is 9.91. The van der Waals surface area contributed by atoms with Gasteiger partial charge in [-0.1, -0.05) is 29.8 Å². The van der Waals surface area contributed by atoms with Gasteiger partial charge in [0.2, 0.25) is 0 Å². The number of fused-ring (bicyclic) bond motifs is 1. The normalized spacial score (nSPS) is 11.0. The van der Waals surface area contributed by atoms with Gasteiger partial charge in [-0.15, -0.1) is 0 Å². The molecule has 0 saturated carbocycles. The third kappa shape index (κ3) is 1.64. The molecule has 0 radical (unpaired) electrons. The van der Waals surface area contributed by atoms with Crippen LogP contribution in [0.3, 0.4) is 0 Å². The van der Waals surface area contributed by atoms with Crippen molar-refractivity contribution in [1.82, 2.24) is 9.38 Å². The van der Waals surface area contributed by atoms with Crippen LogP contribution in [-0.4, -0.2) is 14.5 Å². The molecule has 3 rings (SSSR count). The van der Waals surface area contributed by atoms with E-state index in [1.807, 2.05) is 41.8 Å². The van der Waals surface area contributed by atoms with E-state index in [1.54, 1.807) is 12.1 Å². The van der Waals surface area contributed by atoms with Crippen LogP contribution in [0.5, 0.6) is 5.75 Å². The standard InChI is InChI=1S/C14H11ClN2O/c1-9-6-7-11-13(15)16-14(17(11)8-9)10-4-2-3-5-12(10)18/h2-8,18H,1H3. The molecule has 1 aromatic carbocycles. The molecule has 0 atom stereocenters. The Hall–Kier alpha value is -2.00. The predicted molar refractivity (Wildman–Crippen MR) is 72.0 cm³/mol. The van der Waals surface area contributed by atoms with Crippen LogP contribution in [0, 0.1) is 6.92 Å². The van der Waals surface area contributed by atoms with Crippen molar-refractivity contribution in [3.8, 4) is 17.1 Å². The molecule has 0 bridgehead atoms. The minimum Gasteiger partial charge on any atom is -0.507 e. The first kappa shape index (κ1) is 11.1. The first-order chi connectivity index (χ1) is 8.66. The summed E-state index contributed by atoms with van der Waals surface area (Å²) >= 11 is 6.12. The van der Waals surface area contributed by atoms with Crippen LogP contribution in [0.2, 0.25) is 5.15 Å². The highest BCUT2D eigenvalue weighted by atomic mass is 35.5. The van der Waals surface area contributed by atoms with Crippen LogP contribution in [0.15, 0.2) is 42.6 Å². The van der Waals surface area contributed by atoms with Crippen LogP contribution in [-0.2, 0) is 0 Å². The molecule has 0 aliphatic heterocycles. The van der Waals surface area contributed by atoms with E-state index in [1.165, 1.54) is 0 Å². The number of phenolic OH excluding ortho intramolecular Hbond substituents is 1. The summed E-state index contributed by atoms with van der Waals surface area (Å²) in [6.45, 7) is 2.00. The number of halogens is 1. The summed E-state index contributed by atoms with van der Waals surface area (Å²) in [7, 11) is 0. The van der Waals surface area contributed by atoms with Crippen molar-refractivity contribution in [2.75, 3.05) is 0 Å². The minimum absolute atomic E-state index is 0.197. The lowest BCUT2D eigenvalue weighted by atomic mass is 10.2. The SMILES string of the molecule is Cc1ccc2c(Cl)nc(-c3ccccc3O)n2c1. The molecule has 0 aliphatic rings. The number of aryl methyl sites for hydroxylation is 1. The van der Waals surface area contributed by atoms with Gasteiger partial charge in [0.25, 0.3) is 0 Å². The Morgan fingerprint density at radius 1 is 1.17 bits per heavy atom. The highest BCUT2D eigenvalue weighted by molar-refractivity contribution is 6.32. The van der Waals surface area contributed by atoms with Gasteiger partial charge in [0.05, 0.1) is 11.1 Å². The molecule has 3 nitrogen and oxygen atoms in total. The summed E-state index contributed by atoms with van der Waals surface area (Å²) in [5, 5.41) is 10.3. The number of nitrogens with zero attached hydrogens (tertiary/aromatic N) is 2. The maximum atomic E-state index is 9.91. The summed E-state index contributed by atoms with van der Waals surface area (Å²) in [5.74, 6) is 0.847. The lowest BCUT2D eigenvalue weighted by molar-refractivity contribution is 0.477. The average molecular weight is 259 g/mol. The maximum Gasteiger partial charge on any atom is 0.155 e. The fraction of sp³-hybridized carbons (Fsp3) is 0.0714. The van der Waals surface area contributed by atoms with Crippen molar-refractivity contribution >= 4 is 17.1 Å².